The van der Waals surface area contributed by atoms with Crippen molar-refractivity contribution in [1.82, 2.24) is 15.3 Å². The molecule has 0 bridgehead atoms. The molecule has 0 saturated carbocycles. The number of rotatable bonds is 7. The van der Waals surface area contributed by atoms with Crippen LogP contribution in [0.2, 0.25) is 0 Å². The van der Waals surface area contributed by atoms with E-state index in [0.29, 0.717) is 30.5 Å². The number of aryl methyl sites for hydroxylation is 2. The normalized spacial score (nSPS) is 10.5. The van der Waals surface area contributed by atoms with Crippen molar-refractivity contribution in [3.05, 3.63) is 45.8 Å². The molecule has 6 nitrogen and oxygen atoms in total. The van der Waals surface area contributed by atoms with Gasteiger partial charge in [0.1, 0.15) is 17.3 Å². The molecule has 1 aromatic carbocycles. The van der Waals surface area contributed by atoms with Crippen molar-refractivity contribution in [1.29, 1.82) is 0 Å². The Bertz CT molecular complexity index is 722. The average Bonchev–Trinajstić information content (AvgIpc) is 2.54. The Hall–Kier alpha value is -1.99. The first-order valence-electron chi connectivity index (χ1n) is 7.65. The Morgan fingerprint density at radius 3 is 2.75 bits per heavy atom. The highest BCUT2D eigenvalue weighted by Gasteiger charge is 2.10. The predicted octanol–water partition coefficient (Wildman–Crippen LogP) is 3.37. The molecule has 2 N–H and O–H groups in total. The van der Waals surface area contributed by atoms with Gasteiger partial charge >= 0.3 is 0 Å². The van der Waals surface area contributed by atoms with Gasteiger partial charge in [-0.3, -0.25) is 4.79 Å². The summed E-state index contributed by atoms with van der Waals surface area (Å²) in [5.74, 6) is 0.911. The maximum Gasteiger partial charge on any atom is 0.270 e. The molecular weight excluding hydrogens is 372 g/mol. The van der Waals surface area contributed by atoms with Crippen LogP contribution in [0.25, 0.3) is 0 Å². The van der Waals surface area contributed by atoms with Crippen LogP contribution in [0.4, 0.5) is 11.5 Å². The highest BCUT2D eigenvalue weighted by molar-refractivity contribution is 9.10. The monoisotopic (exact) mass is 392 g/mol. The fraction of sp³-hybridized carbons (Fsp3) is 0.353. The van der Waals surface area contributed by atoms with E-state index < -0.39 is 0 Å². The standard InChI is InChI=1S/C17H21BrN4O2/c1-11-9-13(5-6-14(11)18)22-16-10-15(20-12(2)21-16)17(23)19-7-4-8-24-3/h5-6,9-10H,4,7-8H2,1-3H3,(H,19,23)(H,20,21,22). The van der Waals surface area contributed by atoms with Gasteiger partial charge in [0.15, 0.2) is 0 Å². The molecule has 1 heterocycles. The average molecular weight is 393 g/mol. The molecule has 0 fully saturated rings. The first-order valence-corrected chi connectivity index (χ1v) is 8.45. The van der Waals surface area contributed by atoms with Gasteiger partial charge in [0.05, 0.1) is 0 Å². The summed E-state index contributed by atoms with van der Waals surface area (Å²) in [4.78, 5) is 20.7. The number of carbonyl (C=O) groups excluding carboxylic acids is 1. The van der Waals surface area contributed by atoms with Gasteiger partial charge in [-0.1, -0.05) is 15.9 Å². The van der Waals surface area contributed by atoms with Crippen molar-refractivity contribution in [2.45, 2.75) is 20.3 Å². The number of amides is 1. The largest absolute Gasteiger partial charge is 0.385 e. The maximum absolute atomic E-state index is 12.2. The van der Waals surface area contributed by atoms with E-state index in [9.17, 15) is 4.79 Å². The summed E-state index contributed by atoms with van der Waals surface area (Å²) in [5.41, 5.74) is 2.36. The van der Waals surface area contributed by atoms with Crippen molar-refractivity contribution >= 4 is 33.3 Å². The van der Waals surface area contributed by atoms with Crippen LogP contribution in [0.3, 0.4) is 0 Å². The first-order chi connectivity index (χ1) is 11.5. The fourth-order valence-corrected chi connectivity index (χ4v) is 2.37. The van der Waals surface area contributed by atoms with Crippen LogP contribution in [-0.4, -0.2) is 36.1 Å². The predicted molar refractivity (Wildman–Crippen MR) is 97.8 cm³/mol. The number of hydrogen-bond acceptors (Lipinski definition) is 5. The molecule has 0 saturated heterocycles. The number of methoxy groups -OCH3 is 1. The molecule has 7 heteroatoms. The molecule has 2 aromatic rings. The number of halogens is 1. The van der Waals surface area contributed by atoms with Gasteiger partial charge < -0.3 is 15.4 Å². The quantitative estimate of drug-likeness (QED) is 0.706. The maximum atomic E-state index is 12.2. The summed E-state index contributed by atoms with van der Waals surface area (Å²) in [6, 6.07) is 7.57. The molecule has 0 aliphatic carbocycles. The summed E-state index contributed by atoms with van der Waals surface area (Å²) in [6.45, 7) is 4.93. The lowest BCUT2D eigenvalue weighted by molar-refractivity contribution is 0.0943. The second-order valence-electron chi connectivity index (χ2n) is 5.38. The van der Waals surface area contributed by atoms with Gasteiger partial charge in [-0.15, -0.1) is 0 Å². The lowest BCUT2D eigenvalue weighted by Crippen LogP contribution is -2.26. The third kappa shape index (κ3) is 5.28. The third-order valence-electron chi connectivity index (χ3n) is 3.31. The Balaban J connectivity index is 2.10. The fourth-order valence-electron chi connectivity index (χ4n) is 2.13. The molecule has 0 aliphatic heterocycles. The molecule has 24 heavy (non-hydrogen) atoms. The number of aromatic nitrogens is 2. The van der Waals surface area contributed by atoms with E-state index in [-0.39, 0.29) is 5.91 Å². The summed E-state index contributed by atoms with van der Waals surface area (Å²) in [6.07, 6.45) is 0.760. The second-order valence-corrected chi connectivity index (χ2v) is 6.23. The lowest BCUT2D eigenvalue weighted by atomic mass is 10.2. The van der Waals surface area contributed by atoms with Crippen molar-refractivity contribution < 1.29 is 9.53 Å². The molecule has 0 unspecified atom stereocenters. The van der Waals surface area contributed by atoms with Crippen molar-refractivity contribution in [3.63, 3.8) is 0 Å². The number of nitrogens with zero attached hydrogens (tertiary/aromatic N) is 2. The molecular formula is C17H21BrN4O2. The van der Waals surface area contributed by atoms with Crippen molar-refractivity contribution in [2.24, 2.45) is 0 Å². The van der Waals surface area contributed by atoms with Crippen LogP contribution in [-0.2, 0) is 4.74 Å². The number of benzene rings is 1. The third-order valence-corrected chi connectivity index (χ3v) is 4.20. The molecule has 1 aromatic heterocycles. The molecule has 0 radical (unpaired) electrons. The Kier molecular flexibility index (Phi) is 6.69. The number of carbonyl (C=O) groups is 1. The van der Waals surface area contributed by atoms with E-state index >= 15 is 0 Å². The van der Waals surface area contributed by atoms with Gasteiger partial charge in [-0.05, 0) is 44.0 Å². The zero-order valence-corrected chi connectivity index (χ0v) is 15.6. The van der Waals surface area contributed by atoms with E-state index in [1.54, 1.807) is 20.1 Å². The highest BCUT2D eigenvalue weighted by atomic mass is 79.9. The summed E-state index contributed by atoms with van der Waals surface area (Å²) in [5, 5.41) is 6.04. The van der Waals surface area contributed by atoms with Crippen LogP contribution in [0, 0.1) is 13.8 Å². The number of nitrogens with one attached hydrogen (secondary N) is 2. The zero-order chi connectivity index (χ0) is 17.5. The SMILES string of the molecule is COCCCNC(=O)c1cc(Nc2ccc(Br)c(C)c2)nc(C)n1. The smallest absolute Gasteiger partial charge is 0.270 e. The van der Waals surface area contributed by atoms with E-state index in [2.05, 4.69) is 36.5 Å². The van der Waals surface area contributed by atoms with Crippen LogP contribution >= 0.6 is 15.9 Å². The second kappa shape index (κ2) is 8.75. The molecule has 0 aliphatic rings. The van der Waals surface area contributed by atoms with Gasteiger partial charge in [-0.2, -0.15) is 0 Å². The number of hydrogen-bond donors (Lipinski definition) is 2. The zero-order valence-electron chi connectivity index (χ0n) is 14.0. The molecule has 0 atom stereocenters. The number of anilines is 2. The van der Waals surface area contributed by atoms with E-state index in [0.717, 1.165) is 22.1 Å². The van der Waals surface area contributed by atoms with Crippen LogP contribution in [0.15, 0.2) is 28.7 Å². The molecule has 128 valence electrons. The van der Waals surface area contributed by atoms with Crippen LogP contribution in [0.5, 0.6) is 0 Å². The van der Waals surface area contributed by atoms with E-state index in [1.165, 1.54) is 0 Å². The van der Waals surface area contributed by atoms with Gasteiger partial charge in [0, 0.05) is 36.5 Å². The van der Waals surface area contributed by atoms with E-state index in [1.807, 2.05) is 25.1 Å². The Morgan fingerprint density at radius 1 is 1.25 bits per heavy atom. The molecule has 1 amide bonds. The summed E-state index contributed by atoms with van der Waals surface area (Å²) < 4.78 is 6.01. The summed E-state index contributed by atoms with van der Waals surface area (Å²) in [7, 11) is 1.64. The first kappa shape index (κ1) is 18.4. The van der Waals surface area contributed by atoms with Gasteiger partial charge in [0.25, 0.3) is 5.91 Å². The summed E-state index contributed by atoms with van der Waals surface area (Å²) >= 11 is 3.48. The van der Waals surface area contributed by atoms with Crippen molar-refractivity contribution in [2.75, 3.05) is 25.6 Å². The minimum absolute atomic E-state index is 0.216. The van der Waals surface area contributed by atoms with Gasteiger partial charge in [0.2, 0.25) is 0 Å². The minimum atomic E-state index is -0.216. The lowest BCUT2D eigenvalue weighted by Gasteiger charge is -2.10. The Labute approximate surface area is 150 Å². The van der Waals surface area contributed by atoms with E-state index in [4.69, 9.17) is 4.74 Å². The molecule has 0 spiro atoms. The minimum Gasteiger partial charge on any atom is -0.385 e. The van der Waals surface area contributed by atoms with Crippen LogP contribution in [0.1, 0.15) is 28.3 Å². The van der Waals surface area contributed by atoms with Gasteiger partial charge in [-0.25, -0.2) is 9.97 Å². The Morgan fingerprint density at radius 2 is 2.04 bits per heavy atom. The van der Waals surface area contributed by atoms with Crippen molar-refractivity contribution in [3.8, 4) is 0 Å². The molecule has 2 rings (SSSR count). The topological polar surface area (TPSA) is 76.1 Å². The van der Waals surface area contributed by atoms with Crippen LogP contribution < -0.4 is 10.6 Å². The number of ether oxygens (including phenoxy) is 1. The highest BCUT2D eigenvalue weighted by Crippen LogP contribution is 2.22.